The van der Waals surface area contributed by atoms with Crippen molar-refractivity contribution < 1.29 is 24.3 Å². The van der Waals surface area contributed by atoms with Crippen LogP contribution in [0, 0.1) is 0 Å². The molecule has 0 aromatic heterocycles. The third-order valence-electron chi connectivity index (χ3n) is 2.04. The molecule has 5 amide bonds. The van der Waals surface area contributed by atoms with E-state index in [1.165, 1.54) is 4.90 Å². The molecule has 0 spiro atoms. The van der Waals surface area contributed by atoms with Gasteiger partial charge in [0.1, 0.15) is 13.1 Å². The van der Waals surface area contributed by atoms with Gasteiger partial charge in [0.25, 0.3) is 0 Å². The van der Waals surface area contributed by atoms with Gasteiger partial charge in [-0.2, -0.15) is 0 Å². The number of rotatable bonds is 7. The maximum atomic E-state index is 11.6. The fourth-order valence-electron chi connectivity index (χ4n) is 1.16. The van der Waals surface area contributed by atoms with Crippen LogP contribution in [0.2, 0.25) is 0 Å². The number of urea groups is 2. The van der Waals surface area contributed by atoms with E-state index < -0.39 is 31.0 Å². The maximum Gasteiger partial charge on any atom is 0.323 e. The molecule has 0 aliphatic carbocycles. The molecule has 0 saturated heterocycles. The Balaban J connectivity index is 4.16. The molecule has 0 aromatic rings. The van der Waals surface area contributed by atoms with Crippen LogP contribution in [0.4, 0.5) is 9.59 Å². The summed E-state index contributed by atoms with van der Waals surface area (Å²) >= 11 is 0. The fourth-order valence-corrected chi connectivity index (χ4v) is 1.16. The maximum absolute atomic E-state index is 11.6. The Bertz CT molecular complexity index is 368. The highest BCUT2D eigenvalue weighted by molar-refractivity contribution is 5.85. The minimum absolute atomic E-state index is 0.0906. The summed E-state index contributed by atoms with van der Waals surface area (Å²) in [7, 11) is 3.13. The number of carbonyl (C=O) groups is 4. The molecule has 0 radical (unpaired) electrons. The summed E-state index contributed by atoms with van der Waals surface area (Å²) in [4.78, 5) is 46.2. The number of hydrogen-bond donors (Lipinski definition) is 4. The number of nitrogens with two attached hydrogens (primary N) is 1. The minimum Gasteiger partial charge on any atom is -0.480 e. The van der Waals surface area contributed by atoms with Crippen molar-refractivity contribution in [3.05, 3.63) is 0 Å². The van der Waals surface area contributed by atoms with Gasteiger partial charge in [0.05, 0.1) is 0 Å². The van der Waals surface area contributed by atoms with Gasteiger partial charge in [0.15, 0.2) is 0 Å². The number of carbonyl (C=O) groups excluding carboxylic acids is 3. The smallest absolute Gasteiger partial charge is 0.323 e. The van der Waals surface area contributed by atoms with Crippen molar-refractivity contribution in [1.82, 2.24) is 20.4 Å². The average Bonchev–Trinajstić information content (AvgIpc) is 2.31. The highest BCUT2D eigenvalue weighted by Crippen LogP contribution is 1.89. The first-order valence-electron chi connectivity index (χ1n) is 5.72. The fraction of sp³-hybridized carbons (Fsp3) is 0.600. The first kappa shape index (κ1) is 17.5. The van der Waals surface area contributed by atoms with Crippen LogP contribution in [-0.2, 0) is 9.59 Å². The predicted octanol–water partition coefficient (Wildman–Crippen LogP) is -2.16. The number of primary amides is 1. The second-order valence-electron chi connectivity index (χ2n) is 4.07. The number of amides is 5. The van der Waals surface area contributed by atoms with Gasteiger partial charge in [-0.15, -0.1) is 0 Å². The number of hydrogen-bond acceptors (Lipinski definition) is 4. The molecule has 0 heterocycles. The van der Waals surface area contributed by atoms with Gasteiger partial charge in [-0.3, -0.25) is 9.59 Å². The van der Waals surface area contributed by atoms with E-state index in [9.17, 15) is 19.2 Å². The van der Waals surface area contributed by atoms with Crippen LogP contribution in [-0.4, -0.2) is 79.1 Å². The van der Waals surface area contributed by atoms with Crippen LogP contribution in [0.25, 0.3) is 0 Å². The van der Waals surface area contributed by atoms with E-state index in [0.29, 0.717) is 0 Å². The van der Waals surface area contributed by atoms with Gasteiger partial charge < -0.3 is 31.3 Å². The monoisotopic (exact) mass is 289 g/mol. The Hall–Kier alpha value is -2.52. The Morgan fingerprint density at radius 3 is 1.90 bits per heavy atom. The van der Waals surface area contributed by atoms with Crippen LogP contribution in [0.1, 0.15) is 0 Å². The summed E-state index contributed by atoms with van der Waals surface area (Å²) < 4.78 is 0. The lowest BCUT2D eigenvalue weighted by atomic mass is 10.4. The third kappa shape index (κ3) is 7.74. The summed E-state index contributed by atoms with van der Waals surface area (Å²) in [6.07, 6.45) is 0. The normalized spacial score (nSPS) is 9.50. The van der Waals surface area contributed by atoms with Crippen LogP contribution < -0.4 is 16.4 Å². The second kappa shape index (κ2) is 8.56. The molecule has 0 unspecified atom stereocenters. The SMILES string of the molecule is CN(C)C(=O)NCCNC(=O)N(CC(N)=O)CC(=O)O. The number of nitrogens with one attached hydrogen (secondary N) is 2. The van der Waals surface area contributed by atoms with E-state index in [-0.39, 0.29) is 19.1 Å². The van der Waals surface area contributed by atoms with Gasteiger partial charge in [-0.25, -0.2) is 9.59 Å². The van der Waals surface area contributed by atoms with Crippen molar-refractivity contribution >= 4 is 23.9 Å². The predicted molar refractivity (Wildman–Crippen MR) is 68.9 cm³/mol. The lowest BCUT2D eigenvalue weighted by molar-refractivity contribution is -0.137. The molecule has 10 heteroatoms. The average molecular weight is 289 g/mol. The first-order valence-corrected chi connectivity index (χ1v) is 5.72. The summed E-state index contributed by atoms with van der Waals surface area (Å²) in [5, 5.41) is 13.5. The molecule has 5 N–H and O–H groups in total. The summed E-state index contributed by atoms with van der Waals surface area (Å²) in [6.45, 7) is -0.880. The molecule has 114 valence electrons. The van der Waals surface area contributed by atoms with Gasteiger partial charge in [0, 0.05) is 27.2 Å². The Labute approximate surface area is 115 Å². The van der Waals surface area contributed by atoms with Crippen molar-refractivity contribution in [3.63, 3.8) is 0 Å². The zero-order chi connectivity index (χ0) is 15.7. The van der Waals surface area contributed by atoms with Gasteiger partial charge in [0.2, 0.25) is 5.91 Å². The molecule has 0 atom stereocenters. The largest absolute Gasteiger partial charge is 0.480 e. The van der Waals surface area contributed by atoms with E-state index >= 15 is 0 Å². The molecule has 0 saturated carbocycles. The van der Waals surface area contributed by atoms with Crippen LogP contribution in [0.3, 0.4) is 0 Å². The highest BCUT2D eigenvalue weighted by atomic mass is 16.4. The van der Waals surface area contributed by atoms with E-state index in [1.54, 1.807) is 14.1 Å². The molecular formula is C10H19N5O5. The Kier molecular flexibility index (Phi) is 7.48. The summed E-state index contributed by atoms with van der Waals surface area (Å²) in [5.41, 5.74) is 4.92. The molecular weight excluding hydrogens is 270 g/mol. The molecule has 10 nitrogen and oxygen atoms in total. The highest BCUT2D eigenvalue weighted by Gasteiger charge is 2.18. The first-order chi connectivity index (χ1) is 9.23. The number of aliphatic carboxylic acids is 1. The Morgan fingerprint density at radius 1 is 1.00 bits per heavy atom. The lowest BCUT2D eigenvalue weighted by Crippen LogP contribution is -2.48. The van der Waals surface area contributed by atoms with Crippen molar-refractivity contribution in [2.24, 2.45) is 5.73 Å². The molecule has 0 aromatic carbocycles. The molecule has 0 fully saturated rings. The molecule has 20 heavy (non-hydrogen) atoms. The van der Waals surface area contributed by atoms with Crippen LogP contribution >= 0.6 is 0 Å². The number of nitrogens with zero attached hydrogens (tertiary/aromatic N) is 2. The zero-order valence-corrected chi connectivity index (χ0v) is 11.4. The lowest BCUT2D eigenvalue weighted by Gasteiger charge is -2.19. The van der Waals surface area contributed by atoms with Crippen molar-refractivity contribution in [2.75, 3.05) is 40.3 Å². The van der Waals surface area contributed by atoms with Crippen molar-refractivity contribution in [1.29, 1.82) is 0 Å². The van der Waals surface area contributed by atoms with E-state index in [4.69, 9.17) is 10.8 Å². The third-order valence-corrected chi connectivity index (χ3v) is 2.04. The van der Waals surface area contributed by atoms with Crippen molar-refractivity contribution in [3.8, 4) is 0 Å². The van der Waals surface area contributed by atoms with Crippen LogP contribution in [0.5, 0.6) is 0 Å². The summed E-state index contributed by atoms with van der Waals surface area (Å²) in [6, 6.07) is -1.07. The van der Waals surface area contributed by atoms with Gasteiger partial charge >= 0.3 is 18.0 Å². The topological polar surface area (TPSA) is 145 Å². The minimum atomic E-state index is -1.26. The van der Waals surface area contributed by atoms with Crippen LogP contribution in [0.15, 0.2) is 0 Å². The molecule has 0 rings (SSSR count). The molecule has 0 aliphatic heterocycles. The second-order valence-corrected chi connectivity index (χ2v) is 4.07. The van der Waals surface area contributed by atoms with E-state index in [1.807, 2.05) is 0 Å². The van der Waals surface area contributed by atoms with Crippen molar-refractivity contribution in [2.45, 2.75) is 0 Å². The quantitative estimate of drug-likeness (QED) is 0.394. The number of carboxylic acids is 1. The number of carboxylic acid groups (broad SMARTS) is 1. The molecule has 0 bridgehead atoms. The van der Waals surface area contributed by atoms with E-state index in [2.05, 4.69) is 10.6 Å². The molecule has 0 aliphatic rings. The van der Waals surface area contributed by atoms with Gasteiger partial charge in [-0.05, 0) is 0 Å². The zero-order valence-electron chi connectivity index (χ0n) is 11.4. The van der Waals surface area contributed by atoms with E-state index in [0.717, 1.165) is 4.90 Å². The Morgan fingerprint density at radius 2 is 1.50 bits per heavy atom. The van der Waals surface area contributed by atoms with Gasteiger partial charge in [-0.1, -0.05) is 0 Å². The summed E-state index contributed by atoms with van der Waals surface area (Å²) in [5.74, 6) is -2.08. The standard InChI is InChI=1S/C10H19N5O5/c1-14(2)9(19)12-3-4-13-10(20)15(5-7(11)16)6-8(17)18/h3-6H2,1-2H3,(H2,11,16)(H,12,19)(H,13,20)(H,17,18).